The van der Waals surface area contributed by atoms with Gasteiger partial charge in [-0.2, -0.15) is 0 Å². The molecule has 0 aromatic carbocycles. The van der Waals surface area contributed by atoms with E-state index in [0.29, 0.717) is 11.3 Å². The summed E-state index contributed by atoms with van der Waals surface area (Å²) in [4.78, 5) is 15.1. The molecule has 1 heterocycles. The van der Waals surface area contributed by atoms with Crippen molar-refractivity contribution in [2.75, 3.05) is 13.9 Å². The minimum Gasteiger partial charge on any atom is -0.461 e. The number of nitrogens with one attached hydrogen (secondary N) is 1. The van der Waals surface area contributed by atoms with E-state index in [9.17, 15) is 9.18 Å². The predicted molar refractivity (Wildman–Crippen MR) is 49.0 cm³/mol. The molecule has 5 heteroatoms. The highest BCUT2D eigenvalue weighted by Crippen LogP contribution is 2.16. The van der Waals surface area contributed by atoms with Crippen LogP contribution in [0.25, 0.3) is 0 Å². The molecule has 0 saturated carbocycles. The second-order valence-electron chi connectivity index (χ2n) is 2.64. The number of pyridine rings is 1. The third-order valence-corrected chi connectivity index (χ3v) is 1.74. The van der Waals surface area contributed by atoms with Crippen molar-refractivity contribution >= 4 is 5.91 Å². The molecule has 1 N–H and O–H groups in total. The summed E-state index contributed by atoms with van der Waals surface area (Å²) < 4.78 is 16.6. The quantitative estimate of drug-likeness (QED) is 0.789. The molecule has 1 amide bonds. The molecule has 0 unspecified atom stereocenters. The summed E-state index contributed by atoms with van der Waals surface area (Å²) in [5, 5.41) is 2.44. The Balaban J connectivity index is 2.99. The number of hydrogen-bond acceptors (Lipinski definition) is 3. The molecule has 0 fully saturated rings. The molecule has 14 heavy (non-hydrogen) atoms. The number of halogens is 1. The summed E-state index contributed by atoms with van der Waals surface area (Å²) in [5.74, 6) is 0.00908. The predicted octanol–water partition coefficient (Wildman–Crippen LogP) is 1.06. The molecule has 1 aromatic rings. The van der Waals surface area contributed by atoms with Gasteiger partial charge in [-0.1, -0.05) is 0 Å². The lowest BCUT2D eigenvalue weighted by atomic mass is 10.2. The lowest BCUT2D eigenvalue weighted by molar-refractivity contribution is 0.0961. The Morgan fingerprint density at radius 3 is 3.00 bits per heavy atom. The molecule has 0 aliphatic rings. The van der Waals surface area contributed by atoms with Gasteiger partial charge < -0.3 is 10.1 Å². The van der Waals surface area contributed by atoms with Gasteiger partial charge in [0.1, 0.15) is 5.75 Å². The number of rotatable bonds is 3. The minimum absolute atomic E-state index is 0.277. The molecule has 1 aromatic heterocycles. The number of hydrogen-bond donors (Lipinski definition) is 1. The zero-order chi connectivity index (χ0) is 10.6. The Morgan fingerprint density at radius 1 is 1.71 bits per heavy atom. The summed E-state index contributed by atoms with van der Waals surface area (Å²) in [7, 11) is 1.51. The molecule has 0 spiro atoms. The van der Waals surface area contributed by atoms with E-state index in [1.54, 1.807) is 6.92 Å². The van der Waals surface area contributed by atoms with Crippen molar-refractivity contribution in [3.63, 3.8) is 0 Å². The van der Waals surface area contributed by atoms with Crippen molar-refractivity contribution in [1.82, 2.24) is 10.3 Å². The maximum Gasteiger partial charge on any atom is 0.252 e. The number of alkyl halides is 1. The topological polar surface area (TPSA) is 51.2 Å². The lowest BCUT2D eigenvalue weighted by Crippen LogP contribution is -2.18. The third-order valence-electron chi connectivity index (χ3n) is 1.74. The van der Waals surface area contributed by atoms with Gasteiger partial charge in [0, 0.05) is 13.2 Å². The Morgan fingerprint density at radius 2 is 2.43 bits per heavy atom. The lowest BCUT2D eigenvalue weighted by Gasteiger charge is -2.06. The highest BCUT2D eigenvalue weighted by molar-refractivity contribution is 5.94. The molecule has 76 valence electrons. The third kappa shape index (κ3) is 2.18. The number of carbonyl (C=O) groups is 1. The second-order valence-corrected chi connectivity index (χ2v) is 2.64. The number of aryl methyl sites for hydroxylation is 1. The molecule has 0 atom stereocenters. The number of amides is 1. The van der Waals surface area contributed by atoms with E-state index >= 15 is 0 Å². The highest BCUT2D eigenvalue weighted by Gasteiger charge is 2.07. The van der Waals surface area contributed by atoms with Crippen LogP contribution in [0.2, 0.25) is 0 Å². The number of carbonyl (C=O) groups excluding carboxylic acids is 1. The smallest absolute Gasteiger partial charge is 0.252 e. The monoisotopic (exact) mass is 198 g/mol. The summed E-state index contributed by atoms with van der Waals surface area (Å²) in [6, 6.07) is 1.46. The van der Waals surface area contributed by atoms with Crippen LogP contribution in [-0.4, -0.2) is 24.8 Å². The van der Waals surface area contributed by atoms with E-state index in [1.165, 1.54) is 19.3 Å². The van der Waals surface area contributed by atoms with Crippen molar-refractivity contribution in [3.8, 4) is 5.75 Å². The van der Waals surface area contributed by atoms with Gasteiger partial charge in [-0.15, -0.1) is 0 Å². The molecule has 0 aliphatic heterocycles. The van der Waals surface area contributed by atoms with E-state index in [2.05, 4.69) is 15.0 Å². The van der Waals surface area contributed by atoms with Gasteiger partial charge in [-0.25, -0.2) is 4.39 Å². The molecule has 1 rings (SSSR count). The van der Waals surface area contributed by atoms with E-state index < -0.39 is 6.86 Å². The van der Waals surface area contributed by atoms with Crippen LogP contribution in [0, 0.1) is 6.92 Å². The fraction of sp³-hybridized carbons (Fsp3) is 0.333. The van der Waals surface area contributed by atoms with Gasteiger partial charge >= 0.3 is 0 Å². The number of aromatic nitrogens is 1. The Kier molecular flexibility index (Phi) is 3.39. The Labute approximate surface area is 81.1 Å². The molecule has 0 radical (unpaired) electrons. The molecule has 4 nitrogen and oxygen atoms in total. The van der Waals surface area contributed by atoms with Crippen LogP contribution >= 0.6 is 0 Å². The summed E-state index contributed by atoms with van der Waals surface area (Å²) in [6.45, 7) is 0.748. The fourth-order valence-electron chi connectivity index (χ4n) is 0.986. The largest absolute Gasteiger partial charge is 0.461 e. The molecular formula is C9H11FN2O2. The van der Waals surface area contributed by atoms with E-state index in [4.69, 9.17) is 0 Å². The van der Waals surface area contributed by atoms with Crippen LogP contribution in [-0.2, 0) is 0 Å². The van der Waals surface area contributed by atoms with Gasteiger partial charge in [0.05, 0.1) is 11.3 Å². The molecule has 0 saturated heterocycles. The highest BCUT2D eigenvalue weighted by atomic mass is 19.1. The van der Waals surface area contributed by atoms with Crippen molar-refractivity contribution in [1.29, 1.82) is 0 Å². The first kappa shape index (κ1) is 10.4. The van der Waals surface area contributed by atoms with Crippen LogP contribution in [0.4, 0.5) is 4.39 Å². The maximum atomic E-state index is 11.9. The Bertz CT molecular complexity index is 342. The number of nitrogens with zero attached hydrogens (tertiary/aromatic N) is 1. The molecular weight excluding hydrogens is 187 g/mol. The second kappa shape index (κ2) is 4.55. The maximum absolute atomic E-state index is 11.9. The van der Waals surface area contributed by atoms with Gasteiger partial charge in [0.25, 0.3) is 5.91 Å². The first-order valence-electron chi connectivity index (χ1n) is 4.06. The van der Waals surface area contributed by atoms with Crippen molar-refractivity contribution in [2.45, 2.75) is 6.92 Å². The standard InChI is InChI=1S/C9H11FN2O2/c1-6-8(14-5-10)3-7(4-12-6)9(13)11-2/h3-4H,5H2,1-2H3,(H,11,13). The van der Waals surface area contributed by atoms with Gasteiger partial charge in [0.2, 0.25) is 6.86 Å². The summed E-state index contributed by atoms with van der Waals surface area (Å²) >= 11 is 0. The normalized spacial score (nSPS) is 9.64. The average Bonchev–Trinajstić information content (AvgIpc) is 2.20. The zero-order valence-corrected chi connectivity index (χ0v) is 8.00. The Hall–Kier alpha value is -1.65. The van der Waals surface area contributed by atoms with Crippen LogP contribution < -0.4 is 10.1 Å². The van der Waals surface area contributed by atoms with E-state index in [1.807, 2.05) is 0 Å². The first-order chi connectivity index (χ1) is 6.69. The van der Waals surface area contributed by atoms with Crippen LogP contribution in [0.5, 0.6) is 5.75 Å². The summed E-state index contributed by atoms with van der Waals surface area (Å²) in [6.07, 6.45) is 1.42. The summed E-state index contributed by atoms with van der Waals surface area (Å²) in [5.41, 5.74) is 0.900. The minimum atomic E-state index is -0.931. The van der Waals surface area contributed by atoms with Gasteiger partial charge in [0.15, 0.2) is 0 Å². The van der Waals surface area contributed by atoms with Gasteiger partial charge in [-0.05, 0) is 13.0 Å². The first-order valence-corrected chi connectivity index (χ1v) is 4.06. The van der Waals surface area contributed by atoms with Crippen LogP contribution in [0.1, 0.15) is 16.1 Å². The molecule has 0 aliphatic carbocycles. The van der Waals surface area contributed by atoms with Crippen molar-refractivity contribution in [3.05, 3.63) is 23.5 Å². The van der Waals surface area contributed by atoms with Crippen LogP contribution in [0.15, 0.2) is 12.3 Å². The van der Waals surface area contributed by atoms with E-state index in [-0.39, 0.29) is 11.7 Å². The van der Waals surface area contributed by atoms with Gasteiger partial charge in [-0.3, -0.25) is 9.78 Å². The van der Waals surface area contributed by atoms with Crippen molar-refractivity contribution in [2.24, 2.45) is 0 Å². The van der Waals surface area contributed by atoms with E-state index in [0.717, 1.165) is 0 Å². The number of ether oxygens (including phenoxy) is 1. The average molecular weight is 198 g/mol. The SMILES string of the molecule is CNC(=O)c1cnc(C)c(OCF)c1. The van der Waals surface area contributed by atoms with Crippen molar-refractivity contribution < 1.29 is 13.9 Å². The molecule has 0 bridgehead atoms. The zero-order valence-electron chi connectivity index (χ0n) is 8.00. The fourth-order valence-corrected chi connectivity index (χ4v) is 0.986. The van der Waals surface area contributed by atoms with Crippen LogP contribution in [0.3, 0.4) is 0 Å².